The molecule has 10 unspecified atom stereocenters. The van der Waals surface area contributed by atoms with Crippen molar-refractivity contribution in [2.75, 3.05) is 19.8 Å². The average molecular weight is 616 g/mol. The molecule has 4 rings (SSSR count). The SMILES string of the molecule is NC[C@@H]1O[C@H](OC2C(CO)OC(O[C@@H]3C(O)[C@H](N)CC(N)[C@H]3O[C@@H]3OC(CO)[C@@H](O)[C@H](O)C3N)C2O)C(N)C(O)[C@@H]1O. The summed E-state index contributed by atoms with van der Waals surface area (Å²) in [6.07, 6.45) is -20.5. The third-order valence-corrected chi connectivity index (χ3v) is 8.32. The molecule has 19 heteroatoms. The van der Waals surface area contributed by atoms with E-state index in [0.717, 1.165) is 0 Å². The van der Waals surface area contributed by atoms with Gasteiger partial charge in [0.2, 0.25) is 0 Å². The first-order valence-corrected chi connectivity index (χ1v) is 13.8. The van der Waals surface area contributed by atoms with E-state index >= 15 is 0 Å². The van der Waals surface area contributed by atoms with Gasteiger partial charge in [0.25, 0.3) is 0 Å². The van der Waals surface area contributed by atoms with Crippen molar-refractivity contribution >= 4 is 0 Å². The highest BCUT2D eigenvalue weighted by atomic mass is 16.8. The van der Waals surface area contributed by atoms with Gasteiger partial charge in [0.15, 0.2) is 18.9 Å². The molecule has 0 aromatic rings. The maximum atomic E-state index is 11.1. The number of hydrogen-bond acceptors (Lipinski definition) is 19. The summed E-state index contributed by atoms with van der Waals surface area (Å²) in [5.41, 5.74) is 29.9. The summed E-state index contributed by atoms with van der Waals surface area (Å²) < 4.78 is 34.4. The van der Waals surface area contributed by atoms with E-state index in [-0.39, 0.29) is 13.0 Å². The van der Waals surface area contributed by atoms with Crippen LogP contribution in [0.3, 0.4) is 0 Å². The first-order valence-electron chi connectivity index (χ1n) is 13.8. The lowest BCUT2D eigenvalue weighted by molar-refractivity contribution is -0.310. The fraction of sp³-hybridized carbons (Fsp3) is 1.00. The maximum Gasteiger partial charge on any atom is 0.187 e. The minimum absolute atomic E-state index is 0.0642. The molecule has 3 saturated heterocycles. The molecule has 19 nitrogen and oxygen atoms in total. The summed E-state index contributed by atoms with van der Waals surface area (Å²) in [6.45, 7) is -1.49. The standard InChI is InChI=1S/C23H45N5O14/c24-2-7-13(32)15(34)10(27)21(37-7)41-19-9(4-30)39-23(17(19)36)42-20-12(31)5(25)1-6(26)18(20)40-22-11(28)16(35)14(33)8(3-29)38-22/h5-23,29-36H,1-4,24-28H2/t5-,6?,7+,8?,9?,10?,11?,12?,13-,14-,15?,16-,17?,18-,19?,20-,21-,22+,23?/m1/s1. The number of aliphatic hydroxyl groups is 8. The van der Waals surface area contributed by atoms with Crippen molar-refractivity contribution in [1.82, 2.24) is 0 Å². The summed E-state index contributed by atoms with van der Waals surface area (Å²) in [6, 6.07) is -4.30. The molecule has 19 atom stereocenters. The Bertz CT molecular complexity index is 866. The summed E-state index contributed by atoms with van der Waals surface area (Å²) >= 11 is 0. The fourth-order valence-corrected chi connectivity index (χ4v) is 5.70. The lowest BCUT2D eigenvalue weighted by Gasteiger charge is -2.47. The monoisotopic (exact) mass is 615 g/mol. The van der Waals surface area contributed by atoms with Crippen LogP contribution in [0.2, 0.25) is 0 Å². The van der Waals surface area contributed by atoms with Gasteiger partial charge in [-0.15, -0.1) is 0 Å². The zero-order valence-corrected chi connectivity index (χ0v) is 22.7. The molecule has 0 aromatic heterocycles. The molecule has 18 N–H and O–H groups in total. The van der Waals surface area contributed by atoms with E-state index in [1.54, 1.807) is 0 Å². The number of hydrogen-bond donors (Lipinski definition) is 13. The number of aliphatic hydroxyl groups excluding tert-OH is 8. The Morgan fingerprint density at radius 2 is 1.00 bits per heavy atom. The van der Waals surface area contributed by atoms with E-state index in [9.17, 15) is 40.9 Å². The van der Waals surface area contributed by atoms with Crippen molar-refractivity contribution in [2.24, 2.45) is 28.7 Å². The van der Waals surface area contributed by atoms with E-state index < -0.39 is 129 Å². The molecule has 4 aliphatic rings. The second-order valence-corrected chi connectivity index (χ2v) is 11.2. The molecule has 1 aliphatic carbocycles. The zero-order chi connectivity index (χ0) is 31.0. The number of rotatable bonds is 9. The van der Waals surface area contributed by atoms with E-state index in [0.29, 0.717) is 0 Å². The normalized spacial score (nSPS) is 53.8. The molecule has 246 valence electrons. The van der Waals surface area contributed by atoms with E-state index in [4.69, 9.17) is 57.1 Å². The molecule has 0 spiro atoms. The molecular weight excluding hydrogens is 570 g/mol. The molecule has 42 heavy (non-hydrogen) atoms. The quantitative estimate of drug-likeness (QED) is 0.114. The topological polar surface area (TPSA) is 347 Å². The maximum absolute atomic E-state index is 11.1. The van der Waals surface area contributed by atoms with Crippen LogP contribution in [0.25, 0.3) is 0 Å². The summed E-state index contributed by atoms with van der Waals surface area (Å²) in [5.74, 6) is 0. The molecule has 0 bridgehead atoms. The van der Waals surface area contributed by atoms with Crippen LogP contribution < -0.4 is 28.7 Å². The van der Waals surface area contributed by atoms with Crippen LogP contribution in [0, 0.1) is 0 Å². The van der Waals surface area contributed by atoms with Gasteiger partial charge in [0, 0.05) is 18.6 Å². The fourth-order valence-electron chi connectivity index (χ4n) is 5.70. The molecular formula is C23H45N5O14. The lowest BCUT2D eigenvalue weighted by atomic mass is 9.84. The van der Waals surface area contributed by atoms with Gasteiger partial charge in [-0.05, 0) is 6.42 Å². The third kappa shape index (κ3) is 6.60. The minimum atomic E-state index is -1.62. The van der Waals surface area contributed by atoms with Crippen molar-refractivity contribution in [3.05, 3.63) is 0 Å². The number of nitrogens with two attached hydrogens (primary N) is 5. The van der Waals surface area contributed by atoms with Crippen LogP contribution in [0.1, 0.15) is 6.42 Å². The van der Waals surface area contributed by atoms with Gasteiger partial charge in [-0.1, -0.05) is 0 Å². The minimum Gasteiger partial charge on any atom is -0.394 e. The predicted molar refractivity (Wildman–Crippen MR) is 136 cm³/mol. The molecule has 1 saturated carbocycles. The Morgan fingerprint density at radius 1 is 0.524 bits per heavy atom. The largest absolute Gasteiger partial charge is 0.394 e. The van der Waals surface area contributed by atoms with Gasteiger partial charge in [-0.25, -0.2) is 0 Å². The average Bonchev–Trinajstić information content (AvgIpc) is 3.27. The molecule has 0 aromatic carbocycles. The Kier molecular flexibility index (Phi) is 11.5. The Hall–Kier alpha value is -0.760. The van der Waals surface area contributed by atoms with E-state index in [1.165, 1.54) is 0 Å². The molecule has 0 radical (unpaired) electrons. The first kappa shape index (κ1) is 34.1. The van der Waals surface area contributed by atoms with Crippen LogP contribution in [0.5, 0.6) is 0 Å². The Morgan fingerprint density at radius 3 is 1.55 bits per heavy atom. The highest BCUT2D eigenvalue weighted by Crippen LogP contribution is 2.34. The van der Waals surface area contributed by atoms with Gasteiger partial charge in [0.1, 0.15) is 67.1 Å². The summed E-state index contributed by atoms with van der Waals surface area (Å²) in [4.78, 5) is 0. The highest BCUT2D eigenvalue weighted by molar-refractivity contribution is 5.02. The van der Waals surface area contributed by atoms with Gasteiger partial charge in [-0.3, -0.25) is 0 Å². The number of ether oxygens (including phenoxy) is 6. The van der Waals surface area contributed by atoms with Crippen LogP contribution in [0.15, 0.2) is 0 Å². The van der Waals surface area contributed by atoms with Crippen LogP contribution >= 0.6 is 0 Å². The molecule has 4 fully saturated rings. The van der Waals surface area contributed by atoms with Gasteiger partial charge in [0.05, 0.1) is 31.4 Å². The van der Waals surface area contributed by atoms with Gasteiger partial charge in [-0.2, -0.15) is 0 Å². The predicted octanol–water partition coefficient (Wildman–Crippen LogP) is -8.86. The van der Waals surface area contributed by atoms with E-state index in [1.807, 2.05) is 0 Å². The van der Waals surface area contributed by atoms with Crippen LogP contribution in [0.4, 0.5) is 0 Å². The van der Waals surface area contributed by atoms with Crippen LogP contribution in [-0.4, -0.2) is 177 Å². The lowest BCUT2D eigenvalue weighted by Crippen LogP contribution is -2.68. The van der Waals surface area contributed by atoms with Crippen molar-refractivity contribution < 1.29 is 69.3 Å². The third-order valence-electron chi connectivity index (χ3n) is 8.32. The Balaban J connectivity index is 1.50. The van der Waals surface area contributed by atoms with Crippen molar-refractivity contribution in [3.8, 4) is 0 Å². The van der Waals surface area contributed by atoms with Gasteiger partial charge >= 0.3 is 0 Å². The highest BCUT2D eigenvalue weighted by Gasteiger charge is 2.54. The second-order valence-electron chi connectivity index (χ2n) is 11.2. The van der Waals surface area contributed by atoms with Crippen molar-refractivity contribution in [3.63, 3.8) is 0 Å². The van der Waals surface area contributed by atoms with Crippen molar-refractivity contribution in [2.45, 2.75) is 123 Å². The zero-order valence-electron chi connectivity index (χ0n) is 22.7. The second kappa shape index (κ2) is 14.1. The smallest absolute Gasteiger partial charge is 0.187 e. The van der Waals surface area contributed by atoms with Crippen molar-refractivity contribution in [1.29, 1.82) is 0 Å². The van der Waals surface area contributed by atoms with E-state index in [2.05, 4.69) is 0 Å². The Labute approximate surface area is 240 Å². The molecule has 3 aliphatic heterocycles. The van der Waals surface area contributed by atoms with Crippen LogP contribution in [-0.2, 0) is 28.4 Å². The summed E-state index contributed by atoms with van der Waals surface area (Å²) in [5, 5.41) is 82.3. The first-order chi connectivity index (χ1) is 19.8. The molecule has 0 amide bonds. The molecule has 3 heterocycles. The van der Waals surface area contributed by atoms with Gasteiger partial charge < -0.3 is 97.9 Å². The summed E-state index contributed by atoms with van der Waals surface area (Å²) in [7, 11) is 0.